The fourth-order valence-electron chi connectivity index (χ4n) is 3.24. The second kappa shape index (κ2) is 7.52. The van der Waals surface area contributed by atoms with Gasteiger partial charge >= 0.3 is 0 Å². The maximum Gasteiger partial charge on any atom is 0.264 e. The smallest absolute Gasteiger partial charge is 0.264 e. The van der Waals surface area contributed by atoms with Crippen LogP contribution in [0.3, 0.4) is 0 Å². The molecule has 0 N–H and O–H groups in total. The first-order valence-corrected chi connectivity index (χ1v) is 9.30. The summed E-state index contributed by atoms with van der Waals surface area (Å²) in [6.45, 7) is 8.25. The van der Waals surface area contributed by atoms with E-state index in [1.54, 1.807) is 4.40 Å². The Morgan fingerprint density at radius 3 is 2.15 bits per heavy atom. The van der Waals surface area contributed by atoms with Gasteiger partial charge in [-0.05, 0) is 23.6 Å². The monoisotopic (exact) mass is 344 g/mol. The van der Waals surface area contributed by atoms with Crippen molar-refractivity contribution in [3.63, 3.8) is 0 Å². The minimum Gasteiger partial charge on any atom is -0.268 e. The zero-order valence-electron chi connectivity index (χ0n) is 15.8. The lowest BCUT2D eigenvalue weighted by Crippen LogP contribution is -2.13. The predicted octanol–water partition coefficient (Wildman–Crippen LogP) is 6.03. The summed E-state index contributed by atoms with van der Waals surface area (Å²) in [5.74, 6) is 0. The number of para-hydroxylation sites is 2. The summed E-state index contributed by atoms with van der Waals surface area (Å²) in [5.41, 5.74) is 2.46. The number of benzene rings is 3. The Labute approximate surface area is 153 Å². The SMILES string of the molecule is CC.CCC.O=c1c2cccc3cccc(c32)c2nc3ccccc3n12. The summed E-state index contributed by atoms with van der Waals surface area (Å²) in [5, 5.41) is 3.86. The molecule has 26 heavy (non-hydrogen) atoms. The zero-order valence-corrected chi connectivity index (χ0v) is 15.8. The maximum atomic E-state index is 12.9. The van der Waals surface area contributed by atoms with E-state index >= 15 is 0 Å². The molecule has 0 saturated carbocycles. The molecule has 0 spiro atoms. The molecule has 2 aromatic heterocycles. The molecule has 132 valence electrons. The third-order valence-electron chi connectivity index (χ3n) is 4.14. The van der Waals surface area contributed by atoms with Crippen molar-refractivity contribution < 1.29 is 0 Å². The van der Waals surface area contributed by atoms with E-state index in [2.05, 4.69) is 18.8 Å². The van der Waals surface area contributed by atoms with Crippen molar-refractivity contribution in [2.75, 3.05) is 0 Å². The van der Waals surface area contributed by atoms with Crippen LogP contribution in [0.1, 0.15) is 34.1 Å². The number of aromatic nitrogens is 2. The van der Waals surface area contributed by atoms with Gasteiger partial charge in [-0.25, -0.2) is 4.98 Å². The van der Waals surface area contributed by atoms with Crippen LogP contribution in [0.5, 0.6) is 0 Å². The van der Waals surface area contributed by atoms with E-state index in [9.17, 15) is 4.79 Å². The number of imidazole rings is 1. The van der Waals surface area contributed by atoms with Crippen molar-refractivity contribution in [1.82, 2.24) is 9.38 Å². The molecular weight excluding hydrogens is 320 g/mol. The average molecular weight is 344 g/mol. The Kier molecular flexibility index (Phi) is 5.17. The van der Waals surface area contributed by atoms with Gasteiger partial charge in [-0.15, -0.1) is 0 Å². The van der Waals surface area contributed by atoms with Gasteiger partial charge in [-0.2, -0.15) is 0 Å². The first kappa shape index (κ1) is 17.9. The minimum atomic E-state index is 0.00278. The van der Waals surface area contributed by atoms with Gasteiger partial charge in [-0.1, -0.05) is 76.6 Å². The summed E-state index contributed by atoms with van der Waals surface area (Å²) in [7, 11) is 0. The lowest BCUT2D eigenvalue weighted by atomic mass is 10.0. The van der Waals surface area contributed by atoms with Crippen molar-refractivity contribution in [1.29, 1.82) is 0 Å². The van der Waals surface area contributed by atoms with Crippen molar-refractivity contribution in [3.05, 3.63) is 71.0 Å². The van der Waals surface area contributed by atoms with Gasteiger partial charge in [0.15, 0.2) is 0 Å². The van der Waals surface area contributed by atoms with Gasteiger partial charge in [0.05, 0.1) is 11.0 Å². The van der Waals surface area contributed by atoms with Crippen LogP contribution in [-0.2, 0) is 0 Å². The molecule has 0 unspecified atom stereocenters. The largest absolute Gasteiger partial charge is 0.268 e. The molecule has 3 aromatic carbocycles. The molecule has 0 aliphatic carbocycles. The summed E-state index contributed by atoms with van der Waals surface area (Å²) >= 11 is 0. The topological polar surface area (TPSA) is 34.4 Å². The number of rotatable bonds is 0. The molecule has 0 saturated heterocycles. The van der Waals surface area contributed by atoms with E-state index in [1.807, 2.05) is 74.5 Å². The van der Waals surface area contributed by atoms with Gasteiger partial charge in [-0.3, -0.25) is 9.20 Å². The van der Waals surface area contributed by atoms with Gasteiger partial charge in [0.1, 0.15) is 5.65 Å². The molecule has 0 atom stereocenters. The lowest BCUT2D eigenvalue weighted by Gasteiger charge is -2.06. The maximum absolute atomic E-state index is 12.9. The van der Waals surface area contributed by atoms with Gasteiger partial charge < -0.3 is 0 Å². The highest BCUT2D eigenvalue weighted by molar-refractivity contribution is 6.15. The van der Waals surface area contributed by atoms with Crippen LogP contribution in [0.4, 0.5) is 0 Å². The molecular formula is C23H24N2O. The Hall–Kier alpha value is -2.94. The number of pyridine rings is 1. The van der Waals surface area contributed by atoms with Gasteiger partial charge in [0.25, 0.3) is 5.56 Å². The van der Waals surface area contributed by atoms with E-state index in [0.29, 0.717) is 0 Å². The Morgan fingerprint density at radius 1 is 0.846 bits per heavy atom. The summed E-state index contributed by atoms with van der Waals surface area (Å²) in [4.78, 5) is 17.6. The minimum absolute atomic E-state index is 0.00278. The molecule has 3 nitrogen and oxygen atoms in total. The molecule has 0 aliphatic heterocycles. The van der Waals surface area contributed by atoms with Crippen LogP contribution in [0.15, 0.2) is 65.5 Å². The second-order valence-corrected chi connectivity index (χ2v) is 5.98. The normalized spacial score (nSPS) is 10.6. The van der Waals surface area contributed by atoms with Gasteiger partial charge in [0.2, 0.25) is 0 Å². The number of fused-ring (bicyclic) bond motifs is 4. The molecule has 0 bridgehead atoms. The van der Waals surface area contributed by atoms with Crippen molar-refractivity contribution in [3.8, 4) is 0 Å². The summed E-state index contributed by atoms with van der Waals surface area (Å²) in [6, 6.07) is 19.7. The van der Waals surface area contributed by atoms with Crippen LogP contribution in [-0.4, -0.2) is 9.38 Å². The molecule has 0 fully saturated rings. The van der Waals surface area contributed by atoms with E-state index in [0.717, 1.165) is 38.2 Å². The van der Waals surface area contributed by atoms with Crippen LogP contribution >= 0.6 is 0 Å². The fraction of sp³-hybridized carbons (Fsp3) is 0.217. The Morgan fingerprint density at radius 2 is 1.46 bits per heavy atom. The summed E-state index contributed by atoms with van der Waals surface area (Å²) < 4.78 is 1.73. The van der Waals surface area contributed by atoms with Crippen LogP contribution in [0.25, 0.3) is 38.2 Å². The first-order valence-electron chi connectivity index (χ1n) is 9.30. The molecule has 0 radical (unpaired) electrons. The molecule has 0 aliphatic rings. The Balaban J connectivity index is 0.000000359. The van der Waals surface area contributed by atoms with Gasteiger partial charge in [0, 0.05) is 16.2 Å². The highest BCUT2D eigenvalue weighted by Gasteiger charge is 2.14. The molecule has 5 rings (SSSR count). The van der Waals surface area contributed by atoms with E-state index in [1.165, 1.54) is 6.42 Å². The van der Waals surface area contributed by atoms with Crippen molar-refractivity contribution in [2.24, 2.45) is 0 Å². The predicted molar refractivity (Wildman–Crippen MR) is 112 cm³/mol. The number of nitrogens with zero attached hydrogens (tertiary/aromatic N) is 2. The van der Waals surface area contributed by atoms with E-state index in [4.69, 9.17) is 0 Å². The van der Waals surface area contributed by atoms with E-state index < -0.39 is 0 Å². The summed E-state index contributed by atoms with van der Waals surface area (Å²) in [6.07, 6.45) is 1.25. The number of hydrogen-bond acceptors (Lipinski definition) is 2. The zero-order chi connectivity index (χ0) is 18.7. The third-order valence-corrected chi connectivity index (χ3v) is 4.14. The van der Waals surface area contributed by atoms with Crippen molar-refractivity contribution in [2.45, 2.75) is 34.1 Å². The molecule has 2 heterocycles. The number of hydrogen-bond donors (Lipinski definition) is 0. The second-order valence-electron chi connectivity index (χ2n) is 5.98. The van der Waals surface area contributed by atoms with Crippen LogP contribution < -0.4 is 5.56 Å². The molecule has 3 heteroatoms. The molecule has 0 amide bonds. The fourth-order valence-corrected chi connectivity index (χ4v) is 3.24. The van der Waals surface area contributed by atoms with Crippen LogP contribution in [0, 0.1) is 0 Å². The quantitative estimate of drug-likeness (QED) is 0.343. The highest BCUT2D eigenvalue weighted by atomic mass is 16.1. The van der Waals surface area contributed by atoms with E-state index in [-0.39, 0.29) is 5.56 Å². The molecule has 5 aromatic rings. The highest BCUT2D eigenvalue weighted by Crippen LogP contribution is 2.29. The van der Waals surface area contributed by atoms with Crippen molar-refractivity contribution >= 4 is 38.2 Å². The third kappa shape index (κ3) is 2.70. The average Bonchev–Trinajstić information content (AvgIpc) is 3.08. The van der Waals surface area contributed by atoms with Crippen LogP contribution in [0.2, 0.25) is 0 Å². The standard InChI is InChI=1S/C18H10N2O.C3H8.C2H6/c21-18-13-8-4-6-11-5-3-7-12(16(11)13)17-19-14-9-1-2-10-15(14)20(17)18;1-3-2;1-2/h1-10H;3H2,1-2H3;1-2H3. The lowest BCUT2D eigenvalue weighted by molar-refractivity contribution is 1.09. The first-order chi connectivity index (χ1) is 12.8. The Bertz CT molecular complexity index is 1220.